The van der Waals surface area contributed by atoms with E-state index in [-0.39, 0.29) is 6.61 Å². The Bertz CT molecular complexity index is 335. The predicted octanol–water partition coefficient (Wildman–Crippen LogP) is 0.552. The van der Waals surface area contributed by atoms with Gasteiger partial charge >= 0.3 is 11.9 Å². The van der Waals surface area contributed by atoms with Crippen LogP contribution in [0.3, 0.4) is 0 Å². The largest absolute Gasteiger partial charge is 0.463 e. The van der Waals surface area contributed by atoms with Crippen molar-refractivity contribution in [1.82, 2.24) is 0 Å². The second kappa shape index (κ2) is 6.21. The second-order valence-corrected chi connectivity index (χ2v) is 3.82. The maximum absolute atomic E-state index is 10.9. The highest BCUT2D eigenvalue weighted by Gasteiger charge is 2.34. The molecule has 6 heteroatoms. The summed E-state index contributed by atoms with van der Waals surface area (Å²) in [5, 5.41) is 8.76. The minimum absolute atomic E-state index is 0.00847. The zero-order valence-electron chi connectivity index (χ0n) is 9.84. The molecule has 0 saturated carbocycles. The fourth-order valence-corrected chi connectivity index (χ4v) is 1.66. The Morgan fingerprint density at radius 2 is 2.06 bits per heavy atom. The number of nitriles is 1. The third kappa shape index (κ3) is 4.41. The lowest BCUT2D eigenvalue weighted by atomic mass is 10.0. The van der Waals surface area contributed by atoms with Crippen molar-refractivity contribution in [2.24, 2.45) is 0 Å². The lowest BCUT2D eigenvalue weighted by Gasteiger charge is -2.32. The first-order valence-corrected chi connectivity index (χ1v) is 5.38. The van der Waals surface area contributed by atoms with Gasteiger partial charge in [-0.15, -0.1) is 0 Å². The molecule has 0 aromatic carbocycles. The van der Waals surface area contributed by atoms with Crippen molar-refractivity contribution in [2.45, 2.75) is 45.0 Å². The molecule has 0 aromatic rings. The maximum atomic E-state index is 10.9. The summed E-state index contributed by atoms with van der Waals surface area (Å²) in [5.74, 6) is -0.851. The Labute approximate surface area is 99.4 Å². The van der Waals surface area contributed by atoms with Gasteiger partial charge in [-0.05, 0) is 12.8 Å². The van der Waals surface area contributed by atoms with Gasteiger partial charge in [0.05, 0.1) is 6.07 Å². The molecule has 0 unspecified atom stereocenters. The van der Waals surface area contributed by atoms with Crippen LogP contribution >= 0.6 is 0 Å². The minimum atomic E-state index is -0.568. The Hall–Kier alpha value is -1.61. The molecule has 1 heterocycles. The summed E-state index contributed by atoms with van der Waals surface area (Å²) in [7, 11) is 0. The summed E-state index contributed by atoms with van der Waals surface area (Å²) in [6, 6.07) is 1.99. The molecule has 0 bridgehead atoms. The van der Waals surface area contributed by atoms with E-state index in [4.69, 9.17) is 19.5 Å². The standard InChI is InChI=1S/C11H15NO5/c1-7(13)15-6-11-10(16-8(2)14)4-3-9(5-12)17-11/h9-11H,3-4,6H2,1-2H3/t9-,10+,11+/m0/s1. The van der Waals surface area contributed by atoms with Crippen LogP contribution in [0.2, 0.25) is 0 Å². The van der Waals surface area contributed by atoms with Gasteiger partial charge in [0.25, 0.3) is 0 Å². The fourth-order valence-electron chi connectivity index (χ4n) is 1.66. The summed E-state index contributed by atoms with van der Waals surface area (Å²) in [4.78, 5) is 21.6. The molecule has 0 amide bonds. The van der Waals surface area contributed by atoms with Crippen LogP contribution in [0.1, 0.15) is 26.7 Å². The Morgan fingerprint density at radius 1 is 1.35 bits per heavy atom. The Kier molecular flexibility index (Phi) is 4.91. The SMILES string of the molecule is CC(=O)OC[C@H]1O[C@H](C#N)CC[C@H]1OC(C)=O. The van der Waals surface area contributed by atoms with Crippen molar-refractivity contribution in [2.75, 3.05) is 6.61 Å². The van der Waals surface area contributed by atoms with E-state index in [0.717, 1.165) is 0 Å². The van der Waals surface area contributed by atoms with Gasteiger partial charge in [-0.1, -0.05) is 0 Å². The van der Waals surface area contributed by atoms with E-state index in [1.807, 2.05) is 6.07 Å². The molecule has 17 heavy (non-hydrogen) atoms. The van der Waals surface area contributed by atoms with E-state index in [1.165, 1.54) is 13.8 Å². The molecule has 6 nitrogen and oxygen atoms in total. The summed E-state index contributed by atoms with van der Waals surface area (Å²) >= 11 is 0. The van der Waals surface area contributed by atoms with Gasteiger partial charge in [-0.2, -0.15) is 5.26 Å². The molecule has 1 saturated heterocycles. The number of ether oxygens (including phenoxy) is 3. The van der Waals surface area contributed by atoms with Crippen LogP contribution in [0.5, 0.6) is 0 Å². The van der Waals surface area contributed by atoms with Gasteiger partial charge in [0, 0.05) is 13.8 Å². The minimum Gasteiger partial charge on any atom is -0.463 e. The van der Waals surface area contributed by atoms with Crippen molar-refractivity contribution in [3.63, 3.8) is 0 Å². The van der Waals surface area contributed by atoms with Gasteiger partial charge in [-0.3, -0.25) is 9.59 Å². The molecule has 1 aliphatic heterocycles. The average molecular weight is 241 g/mol. The zero-order chi connectivity index (χ0) is 12.8. The number of carbonyl (C=O) groups is 2. The summed E-state index contributed by atoms with van der Waals surface area (Å²) in [5.41, 5.74) is 0. The van der Waals surface area contributed by atoms with Crippen LogP contribution in [-0.4, -0.2) is 36.9 Å². The highest BCUT2D eigenvalue weighted by molar-refractivity contribution is 5.66. The van der Waals surface area contributed by atoms with E-state index in [9.17, 15) is 9.59 Å². The average Bonchev–Trinajstić information content (AvgIpc) is 2.27. The predicted molar refractivity (Wildman–Crippen MR) is 55.7 cm³/mol. The summed E-state index contributed by atoms with van der Waals surface area (Å²) in [6.45, 7) is 2.58. The van der Waals surface area contributed by atoms with E-state index >= 15 is 0 Å². The Morgan fingerprint density at radius 3 is 2.59 bits per heavy atom. The topological polar surface area (TPSA) is 85.6 Å². The van der Waals surface area contributed by atoms with E-state index in [1.54, 1.807) is 0 Å². The van der Waals surface area contributed by atoms with Crippen molar-refractivity contribution in [1.29, 1.82) is 5.26 Å². The van der Waals surface area contributed by atoms with Crippen molar-refractivity contribution in [3.05, 3.63) is 0 Å². The first-order valence-electron chi connectivity index (χ1n) is 5.38. The third-order valence-electron chi connectivity index (χ3n) is 2.38. The van der Waals surface area contributed by atoms with Gasteiger partial charge in [0.1, 0.15) is 24.9 Å². The van der Waals surface area contributed by atoms with Crippen LogP contribution in [-0.2, 0) is 23.8 Å². The summed E-state index contributed by atoms with van der Waals surface area (Å²) in [6.07, 6.45) is -0.533. The highest BCUT2D eigenvalue weighted by Crippen LogP contribution is 2.22. The lowest BCUT2D eigenvalue weighted by molar-refractivity contribution is -0.175. The number of hydrogen-bond acceptors (Lipinski definition) is 6. The first-order chi connectivity index (χ1) is 8.02. The van der Waals surface area contributed by atoms with Gasteiger partial charge in [0.15, 0.2) is 0 Å². The van der Waals surface area contributed by atoms with Crippen LogP contribution in [0.25, 0.3) is 0 Å². The monoisotopic (exact) mass is 241 g/mol. The normalized spacial score (nSPS) is 27.9. The highest BCUT2D eigenvalue weighted by atomic mass is 16.6. The summed E-state index contributed by atoms with van der Waals surface area (Å²) < 4.78 is 15.3. The van der Waals surface area contributed by atoms with Crippen LogP contribution in [0.15, 0.2) is 0 Å². The molecule has 1 aliphatic rings. The van der Waals surface area contributed by atoms with E-state index in [0.29, 0.717) is 12.8 Å². The molecule has 0 aliphatic carbocycles. The zero-order valence-corrected chi connectivity index (χ0v) is 9.84. The van der Waals surface area contributed by atoms with Crippen LogP contribution < -0.4 is 0 Å². The van der Waals surface area contributed by atoms with Crippen LogP contribution in [0, 0.1) is 11.3 Å². The molecule has 3 atom stereocenters. The molecule has 0 N–H and O–H groups in total. The molecular weight excluding hydrogens is 226 g/mol. The number of nitrogens with zero attached hydrogens (tertiary/aromatic N) is 1. The number of esters is 2. The molecule has 1 fully saturated rings. The van der Waals surface area contributed by atoms with E-state index < -0.39 is 30.3 Å². The second-order valence-electron chi connectivity index (χ2n) is 3.82. The molecular formula is C11H15NO5. The van der Waals surface area contributed by atoms with Gasteiger partial charge in [0.2, 0.25) is 0 Å². The van der Waals surface area contributed by atoms with Gasteiger partial charge in [-0.25, -0.2) is 0 Å². The number of rotatable bonds is 3. The third-order valence-corrected chi connectivity index (χ3v) is 2.38. The number of hydrogen-bond donors (Lipinski definition) is 0. The van der Waals surface area contributed by atoms with Crippen LogP contribution in [0.4, 0.5) is 0 Å². The maximum Gasteiger partial charge on any atom is 0.302 e. The molecule has 0 radical (unpaired) electrons. The Balaban J connectivity index is 2.58. The fraction of sp³-hybridized carbons (Fsp3) is 0.727. The lowest BCUT2D eigenvalue weighted by Crippen LogP contribution is -2.43. The molecule has 94 valence electrons. The quantitative estimate of drug-likeness (QED) is 0.671. The smallest absolute Gasteiger partial charge is 0.302 e. The molecule has 0 aromatic heterocycles. The van der Waals surface area contributed by atoms with Crippen molar-refractivity contribution < 1.29 is 23.8 Å². The first kappa shape index (κ1) is 13.5. The van der Waals surface area contributed by atoms with Crippen molar-refractivity contribution in [3.8, 4) is 6.07 Å². The number of carbonyl (C=O) groups excluding carboxylic acids is 2. The van der Waals surface area contributed by atoms with Crippen molar-refractivity contribution >= 4 is 11.9 Å². The molecule has 0 spiro atoms. The molecule has 1 rings (SSSR count). The van der Waals surface area contributed by atoms with Gasteiger partial charge < -0.3 is 14.2 Å². The van der Waals surface area contributed by atoms with E-state index in [2.05, 4.69) is 0 Å².